The van der Waals surface area contributed by atoms with Crippen LogP contribution in [0.4, 0.5) is 10.2 Å². The normalized spacial score (nSPS) is 16.9. The van der Waals surface area contributed by atoms with Gasteiger partial charge in [0.25, 0.3) is 0 Å². The van der Waals surface area contributed by atoms with Gasteiger partial charge in [-0.05, 0) is 49.8 Å². The highest BCUT2D eigenvalue weighted by molar-refractivity contribution is 5.78. The second kappa shape index (κ2) is 11.0. The van der Waals surface area contributed by atoms with E-state index in [1.54, 1.807) is 19.1 Å². The Kier molecular flexibility index (Phi) is 7.83. The molecule has 1 N–H and O–H groups in total. The van der Waals surface area contributed by atoms with Crippen LogP contribution in [0, 0.1) is 0 Å². The van der Waals surface area contributed by atoms with Crippen molar-refractivity contribution in [1.82, 2.24) is 14.9 Å². The van der Waals surface area contributed by atoms with Gasteiger partial charge in [-0.15, -0.1) is 0 Å². The first kappa shape index (κ1) is 24.9. The number of carbonyl (C=O) groups is 2. The predicted molar refractivity (Wildman–Crippen MR) is 129 cm³/mol. The van der Waals surface area contributed by atoms with Crippen LogP contribution in [0.2, 0.25) is 0 Å². The monoisotopic (exact) mass is 484 g/mol. The fourth-order valence-electron chi connectivity index (χ4n) is 4.78. The first-order chi connectivity index (χ1) is 16.9. The summed E-state index contributed by atoms with van der Waals surface area (Å²) in [5.74, 6) is 0.0484. The number of halogens is 1. The molecule has 1 saturated heterocycles. The van der Waals surface area contributed by atoms with E-state index in [4.69, 9.17) is 9.47 Å². The Labute approximate surface area is 205 Å². The van der Waals surface area contributed by atoms with E-state index in [-0.39, 0.29) is 32.0 Å². The number of anilines is 1. The molecule has 2 aromatic heterocycles. The number of rotatable bonds is 10. The third-order valence-corrected chi connectivity index (χ3v) is 6.71. The van der Waals surface area contributed by atoms with E-state index < -0.39 is 17.6 Å². The van der Waals surface area contributed by atoms with E-state index in [2.05, 4.69) is 21.4 Å². The van der Waals surface area contributed by atoms with Crippen LogP contribution >= 0.6 is 0 Å². The molecule has 0 radical (unpaired) electrons. The van der Waals surface area contributed by atoms with E-state index in [0.29, 0.717) is 30.7 Å². The molecule has 9 heteroatoms. The first-order valence-electron chi connectivity index (χ1n) is 12.3. The first-order valence-corrected chi connectivity index (χ1v) is 12.3. The Morgan fingerprint density at radius 1 is 1.26 bits per heavy atom. The zero-order valence-electron chi connectivity index (χ0n) is 20.4. The van der Waals surface area contributed by atoms with Gasteiger partial charge in [-0.3, -0.25) is 9.59 Å². The molecule has 0 aromatic carbocycles. The number of hydrogen-bond acceptors (Lipinski definition) is 7. The number of pyridine rings is 2. The van der Waals surface area contributed by atoms with Crippen LogP contribution < -0.4 is 10.1 Å². The van der Waals surface area contributed by atoms with Crippen molar-refractivity contribution in [3.05, 3.63) is 47.3 Å². The van der Waals surface area contributed by atoms with Crippen molar-refractivity contribution in [2.45, 2.75) is 57.0 Å². The molecular formula is C26H33FN4O4. The van der Waals surface area contributed by atoms with Crippen molar-refractivity contribution in [2.75, 3.05) is 38.7 Å². The lowest BCUT2D eigenvalue weighted by atomic mass is 9.76. The maximum atomic E-state index is 15.9. The molecule has 2 aliphatic heterocycles. The van der Waals surface area contributed by atoms with Crippen molar-refractivity contribution < 1.29 is 23.5 Å². The van der Waals surface area contributed by atoms with E-state index in [0.717, 1.165) is 30.9 Å². The number of likely N-dealkylation sites (tertiary alicyclic amines) is 1. The molecule has 0 saturated carbocycles. The van der Waals surface area contributed by atoms with E-state index in [1.807, 2.05) is 6.07 Å². The number of aromatic nitrogens is 2. The summed E-state index contributed by atoms with van der Waals surface area (Å²) in [6, 6.07) is 7.48. The van der Waals surface area contributed by atoms with Gasteiger partial charge < -0.3 is 19.7 Å². The van der Waals surface area contributed by atoms with Crippen molar-refractivity contribution in [2.24, 2.45) is 0 Å². The van der Waals surface area contributed by atoms with Gasteiger partial charge in [0.1, 0.15) is 5.82 Å². The third kappa shape index (κ3) is 5.89. The minimum absolute atomic E-state index is 0.0526. The Hall–Kier alpha value is -3.23. The maximum Gasteiger partial charge on any atom is 0.306 e. The van der Waals surface area contributed by atoms with Gasteiger partial charge in [0, 0.05) is 36.8 Å². The second-order valence-corrected chi connectivity index (χ2v) is 9.17. The molecule has 2 aliphatic rings. The van der Waals surface area contributed by atoms with Crippen LogP contribution in [0.1, 0.15) is 55.3 Å². The zero-order valence-corrected chi connectivity index (χ0v) is 20.4. The number of amides is 1. The van der Waals surface area contributed by atoms with Crippen LogP contribution in [-0.4, -0.2) is 65.8 Å². The van der Waals surface area contributed by atoms with Gasteiger partial charge in [-0.25, -0.2) is 14.4 Å². The van der Waals surface area contributed by atoms with Crippen LogP contribution in [0.15, 0.2) is 30.5 Å². The summed E-state index contributed by atoms with van der Waals surface area (Å²) >= 11 is 0. The standard InChI is InChI=1S/C26H33FN4O4/c1-3-35-24(33)14-21(19-10-12-22(34-2)29-15-19)26(27)16-31(17-26)23(32)8-4-7-20-11-9-18-6-5-13-28-25(18)30-20/h9-12,15,21H,3-8,13-14,16-17H2,1-2H3,(H,28,30). The van der Waals surface area contributed by atoms with E-state index in [9.17, 15) is 9.59 Å². The van der Waals surface area contributed by atoms with Crippen LogP contribution in [0.25, 0.3) is 0 Å². The molecule has 1 unspecified atom stereocenters. The zero-order chi connectivity index (χ0) is 24.8. The summed E-state index contributed by atoms with van der Waals surface area (Å²) in [4.78, 5) is 35.3. The smallest absolute Gasteiger partial charge is 0.306 e. The number of esters is 1. The van der Waals surface area contributed by atoms with E-state index in [1.165, 1.54) is 23.8 Å². The lowest BCUT2D eigenvalue weighted by molar-refractivity contribution is -0.152. The number of hydrogen-bond donors (Lipinski definition) is 1. The molecule has 4 rings (SSSR count). The fourth-order valence-corrected chi connectivity index (χ4v) is 4.78. The highest BCUT2D eigenvalue weighted by Gasteiger charge is 2.52. The molecular weight excluding hydrogens is 451 g/mol. The molecule has 188 valence electrons. The van der Waals surface area contributed by atoms with Crippen molar-refractivity contribution >= 4 is 17.7 Å². The summed E-state index contributed by atoms with van der Waals surface area (Å²) in [5.41, 5.74) is 1.06. The summed E-state index contributed by atoms with van der Waals surface area (Å²) in [5, 5.41) is 3.33. The minimum Gasteiger partial charge on any atom is -0.481 e. The molecule has 1 amide bonds. The average Bonchev–Trinajstić information content (AvgIpc) is 2.85. The molecule has 35 heavy (non-hydrogen) atoms. The van der Waals surface area contributed by atoms with Gasteiger partial charge >= 0.3 is 5.97 Å². The number of aryl methyl sites for hydroxylation is 2. The highest BCUT2D eigenvalue weighted by Crippen LogP contribution is 2.42. The fraction of sp³-hybridized carbons (Fsp3) is 0.538. The summed E-state index contributed by atoms with van der Waals surface area (Å²) in [6.45, 7) is 2.77. The van der Waals surface area contributed by atoms with Crippen molar-refractivity contribution in [3.63, 3.8) is 0 Å². The lowest BCUT2D eigenvalue weighted by Crippen LogP contribution is -2.63. The average molecular weight is 485 g/mol. The van der Waals surface area contributed by atoms with E-state index >= 15 is 4.39 Å². The predicted octanol–water partition coefficient (Wildman–Crippen LogP) is 3.45. The summed E-state index contributed by atoms with van der Waals surface area (Å²) in [7, 11) is 1.50. The molecule has 2 aromatic rings. The molecule has 1 atom stereocenters. The topological polar surface area (TPSA) is 93.7 Å². The summed E-state index contributed by atoms with van der Waals surface area (Å²) < 4.78 is 26.1. The van der Waals surface area contributed by atoms with Gasteiger partial charge in [0.15, 0.2) is 5.67 Å². The van der Waals surface area contributed by atoms with Gasteiger partial charge in [0.2, 0.25) is 11.8 Å². The van der Waals surface area contributed by atoms with Gasteiger partial charge in [-0.1, -0.05) is 12.1 Å². The van der Waals surface area contributed by atoms with Gasteiger partial charge in [-0.2, -0.15) is 0 Å². The third-order valence-electron chi connectivity index (χ3n) is 6.71. The molecule has 0 bridgehead atoms. The maximum absolute atomic E-state index is 15.9. The van der Waals surface area contributed by atoms with Crippen LogP contribution in [0.3, 0.4) is 0 Å². The quantitative estimate of drug-likeness (QED) is 0.516. The number of carbonyl (C=O) groups excluding carboxylic acids is 2. The van der Waals surface area contributed by atoms with Crippen molar-refractivity contribution in [3.8, 4) is 5.88 Å². The number of nitrogens with zero attached hydrogens (tertiary/aromatic N) is 3. The minimum atomic E-state index is -1.72. The number of nitrogens with one attached hydrogen (secondary N) is 1. The molecule has 8 nitrogen and oxygen atoms in total. The Morgan fingerprint density at radius 2 is 2.09 bits per heavy atom. The summed E-state index contributed by atoms with van der Waals surface area (Å²) in [6.07, 6.45) is 5.23. The van der Waals surface area contributed by atoms with Gasteiger partial charge in [0.05, 0.1) is 33.2 Å². The Morgan fingerprint density at radius 3 is 2.80 bits per heavy atom. The molecule has 1 fully saturated rings. The Bertz CT molecular complexity index is 1040. The second-order valence-electron chi connectivity index (χ2n) is 9.17. The molecule has 0 spiro atoms. The molecule has 4 heterocycles. The molecule has 0 aliphatic carbocycles. The Balaban J connectivity index is 1.33. The van der Waals surface area contributed by atoms with Crippen LogP contribution in [-0.2, 0) is 27.2 Å². The number of ether oxygens (including phenoxy) is 2. The lowest BCUT2D eigenvalue weighted by Gasteiger charge is -2.48. The number of fused-ring (bicyclic) bond motifs is 1. The van der Waals surface area contributed by atoms with Crippen LogP contribution in [0.5, 0.6) is 5.88 Å². The number of methoxy groups -OCH3 is 1. The highest BCUT2D eigenvalue weighted by atomic mass is 19.1. The SMILES string of the molecule is CCOC(=O)CC(c1ccc(OC)nc1)C1(F)CN(C(=O)CCCc2ccc3c(n2)NCCC3)C1. The number of alkyl halides is 1. The van der Waals surface area contributed by atoms with Crippen molar-refractivity contribution in [1.29, 1.82) is 0 Å². The largest absolute Gasteiger partial charge is 0.481 e.